The quantitative estimate of drug-likeness (QED) is 0.209. The minimum atomic E-state index is -0.643. The molecule has 238 valence electrons. The minimum Gasteiger partial charge on any atom is -0.381 e. The van der Waals surface area contributed by atoms with Crippen molar-refractivity contribution in [2.45, 2.75) is 51.5 Å². The Morgan fingerprint density at radius 1 is 0.978 bits per heavy atom. The average molecular weight is 623 g/mol. The van der Waals surface area contributed by atoms with Crippen molar-refractivity contribution in [1.82, 2.24) is 14.9 Å². The Labute approximate surface area is 267 Å². The third-order valence-electron chi connectivity index (χ3n) is 8.32. The number of ketones is 2. The van der Waals surface area contributed by atoms with Crippen molar-refractivity contribution >= 4 is 34.6 Å². The first-order valence-corrected chi connectivity index (χ1v) is 15.7. The molecule has 2 amide bonds. The van der Waals surface area contributed by atoms with Crippen molar-refractivity contribution in [3.05, 3.63) is 101 Å². The van der Waals surface area contributed by atoms with E-state index in [2.05, 4.69) is 22.5 Å². The summed E-state index contributed by atoms with van der Waals surface area (Å²) in [6.45, 7) is 2.77. The van der Waals surface area contributed by atoms with E-state index in [4.69, 9.17) is 4.74 Å². The summed E-state index contributed by atoms with van der Waals surface area (Å²) in [4.78, 5) is 69.7. The van der Waals surface area contributed by atoms with Gasteiger partial charge in [-0.2, -0.15) is 0 Å². The smallest absolute Gasteiger partial charge is 0.277 e. The zero-order valence-electron chi connectivity index (χ0n) is 25.9. The van der Waals surface area contributed by atoms with Gasteiger partial charge in [-0.15, -0.1) is 0 Å². The maximum atomic E-state index is 14.0. The summed E-state index contributed by atoms with van der Waals surface area (Å²) in [5.41, 5.74) is 2.03. The summed E-state index contributed by atoms with van der Waals surface area (Å²) >= 11 is 0. The predicted molar refractivity (Wildman–Crippen MR) is 175 cm³/mol. The van der Waals surface area contributed by atoms with Crippen LogP contribution in [-0.2, 0) is 23.9 Å². The Hall–Kier alpha value is -4.96. The molecular weight excluding hydrogens is 584 g/mol. The minimum absolute atomic E-state index is 0.0664. The highest BCUT2D eigenvalue weighted by Crippen LogP contribution is 2.28. The Kier molecular flexibility index (Phi) is 10.8. The molecule has 2 N–H and O–H groups in total. The summed E-state index contributed by atoms with van der Waals surface area (Å²) < 4.78 is 6.94. The van der Waals surface area contributed by atoms with E-state index < -0.39 is 23.2 Å². The Bertz CT molecular complexity index is 1710. The Balaban J connectivity index is 1.38. The number of unbranched alkanes of at least 4 members (excludes halogenated alkanes) is 1. The number of rotatable bonds is 13. The fraction of sp³-hybridized carbons (Fsp3) is 0.333. The molecule has 46 heavy (non-hydrogen) atoms. The summed E-state index contributed by atoms with van der Waals surface area (Å²) in [5.74, 6) is -1.75. The van der Waals surface area contributed by atoms with E-state index >= 15 is 0 Å². The number of amides is 2. The highest BCUT2D eigenvalue weighted by Gasteiger charge is 2.28. The molecule has 2 heterocycles. The number of carbonyl (C=O) groups is 4. The number of hydrogen-bond donors (Lipinski definition) is 2. The lowest BCUT2D eigenvalue weighted by Gasteiger charge is -2.24. The number of aromatic nitrogens is 2. The van der Waals surface area contributed by atoms with E-state index in [0.29, 0.717) is 43.9 Å². The van der Waals surface area contributed by atoms with E-state index in [1.807, 2.05) is 60.7 Å². The van der Waals surface area contributed by atoms with Gasteiger partial charge >= 0.3 is 0 Å². The highest BCUT2D eigenvalue weighted by atomic mass is 16.5. The van der Waals surface area contributed by atoms with Crippen LogP contribution in [0.1, 0.15) is 57.1 Å². The van der Waals surface area contributed by atoms with Crippen molar-refractivity contribution in [3.63, 3.8) is 0 Å². The van der Waals surface area contributed by atoms with Gasteiger partial charge in [-0.3, -0.25) is 28.5 Å². The molecule has 3 aromatic rings. The fourth-order valence-electron chi connectivity index (χ4n) is 5.76. The third kappa shape index (κ3) is 7.63. The number of carbonyl (C=O) groups excluding carboxylic acids is 4. The van der Waals surface area contributed by atoms with Gasteiger partial charge in [-0.25, -0.2) is 4.98 Å². The number of nitrogens with one attached hydrogen (secondary N) is 2. The Morgan fingerprint density at radius 2 is 1.70 bits per heavy atom. The highest BCUT2D eigenvalue weighted by molar-refractivity contribution is 6.50. The van der Waals surface area contributed by atoms with Gasteiger partial charge < -0.3 is 15.4 Å². The lowest BCUT2D eigenvalue weighted by molar-refractivity contribution is -0.131. The maximum absolute atomic E-state index is 14.0. The standard InChI is InChI=1S/C36H38N4O6/c1-2-3-14-27(15-18-32(42)37-21-29-28(16-17-31(41)33(29)43)24-10-6-4-7-11-24)40-34(25-12-8-5-9-13-25)38-22-30(36(40)45)39-35(44)26-19-20-46-23-26/h4-13,16-17,22,26-27H,2-3,14-15,18-21,23H2,1H3,(H,37,42)(H,39,44). The molecule has 0 saturated carbocycles. The molecule has 2 aromatic carbocycles. The molecule has 1 aliphatic heterocycles. The van der Waals surface area contributed by atoms with Crippen LogP contribution in [0.15, 0.2) is 89.4 Å². The monoisotopic (exact) mass is 622 g/mol. The summed E-state index contributed by atoms with van der Waals surface area (Å²) in [5, 5.41) is 5.58. The predicted octanol–water partition coefficient (Wildman–Crippen LogP) is 4.67. The van der Waals surface area contributed by atoms with Gasteiger partial charge in [0.05, 0.1) is 18.7 Å². The van der Waals surface area contributed by atoms with E-state index in [9.17, 15) is 24.0 Å². The average Bonchev–Trinajstić information content (AvgIpc) is 3.63. The molecule has 2 atom stereocenters. The molecular formula is C36H38N4O6. The number of benzene rings is 2. The lowest BCUT2D eigenvalue weighted by Crippen LogP contribution is -2.34. The molecule has 0 spiro atoms. The molecule has 1 aromatic heterocycles. The number of anilines is 1. The van der Waals surface area contributed by atoms with Crippen LogP contribution in [0.3, 0.4) is 0 Å². The summed E-state index contributed by atoms with van der Waals surface area (Å²) in [6, 6.07) is 18.2. The first-order chi connectivity index (χ1) is 22.4. The van der Waals surface area contributed by atoms with Crippen LogP contribution >= 0.6 is 0 Å². The van der Waals surface area contributed by atoms with Gasteiger partial charge in [-0.1, -0.05) is 80.4 Å². The topological polar surface area (TPSA) is 136 Å². The molecule has 5 rings (SSSR count). The summed E-state index contributed by atoms with van der Waals surface area (Å²) in [6.07, 6.45) is 7.52. The first kappa shape index (κ1) is 32.4. The molecule has 1 aliphatic carbocycles. The van der Waals surface area contributed by atoms with Gasteiger partial charge in [-0.05, 0) is 42.6 Å². The molecule has 10 nitrogen and oxygen atoms in total. The second-order valence-electron chi connectivity index (χ2n) is 11.5. The van der Waals surface area contributed by atoms with Crippen LogP contribution in [-0.4, -0.2) is 52.7 Å². The van der Waals surface area contributed by atoms with Crippen molar-refractivity contribution in [2.24, 2.45) is 5.92 Å². The van der Waals surface area contributed by atoms with Crippen LogP contribution < -0.4 is 16.2 Å². The molecule has 1 saturated heterocycles. The molecule has 1 fully saturated rings. The van der Waals surface area contributed by atoms with Gasteiger partial charge in [0.1, 0.15) is 11.5 Å². The van der Waals surface area contributed by atoms with Gasteiger partial charge in [0.15, 0.2) is 0 Å². The lowest BCUT2D eigenvalue weighted by atomic mass is 9.90. The van der Waals surface area contributed by atoms with Crippen LogP contribution in [0.5, 0.6) is 0 Å². The summed E-state index contributed by atoms with van der Waals surface area (Å²) in [7, 11) is 0. The van der Waals surface area contributed by atoms with E-state index in [-0.39, 0.29) is 42.0 Å². The van der Waals surface area contributed by atoms with Crippen LogP contribution in [0.25, 0.3) is 17.0 Å². The zero-order chi connectivity index (χ0) is 32.5. The number of Topliss-reactive ketones (excluding diaryl/α,β-unsaturated/α-hetero) is 1. The Morgan fingerprint density at radius 3 is 2.37 bits per heavy atom. The van der Waals surface area contributed by atoms with Crippen molar-refractivity contribution < 1.29 is 23.9 Å². The van der Waals surface area contributed by atoms with Gasteiger partial charge in [0.2, 0.25) is 23.4 Å². The largest absolute Gasteiger partial charge is 0.381 e. The third-order valence-corrected chi connectivity index (χ3v) is 8.32. The molecule has 0 bridgehead atoms. The van der Waals surface area contributed by atoms with Crippen molar-refractivity contribution in [3.8, 4) is 11.4 Å². The maximum Gasteiger partial charge on any atom is 0.277 e. The molecule has 2 unspecified atom stereocenters. The molecule has 10 heteroatoms. The number of allylic oxidation sites excluding steroid dienone is 3. The van der Waals surface area contributed by atoms with Crippen molar-refractivity contribution in [1.29, 1.82) is 0 Å². The molecule has 0 radical (unpaired) electrons. The molecule has 2 aliphatic rings. The van der Waals surface area contributed by atoms with E-state index in [1.165, 1.54) is 12.3 Å². The number of ether oxygens (including phenoxy) is 1. The van der Waals surface area contributed by atoms with Gasteiger partial charge in [0, 0.05) is 36.8 Å². The van der Waals surface area contributed by atoms with Crippen LogP contribution in [0.4, 0.5) is 5.69 Å². The van der Waals surface area contributed by atoms with Crippen molar-refractivity contribution in [2.75, 3.05) is 25.1 Å². The van der Waals surface area contributed by atoms with Crippen LogP contribution in [0, 0.1) is 5.92 Å². The van der Waals surface area contributed by atoms with Crippen LogP contribution in [0.2, 0.25) is 0 Å². The number of hydrogen-bond acceptors (Lipinski definition) is 7. The zero-order valence-corrected chi connectivity index (χ0v) is 25.9. The van der Waals surface area contributed by atoms with E-state index in [0.717, 1.165) is 24.0 Å². The first-order valence-electron chi connectivity index (χ1n) is 15.7. The number of nitrogens with zero attached hydrogens (tertiary/aromatic N) is 2. The SMILES string of the molecule is CCCCC(CCC(=O)NCC1=C(c2ccccc2)C=CC(=O)C1=O)n1c(-c2ccccc2)ncc(NC(=O)C2CCOC2)c1=O. The normalized spacial score (nSPS) is 16.8. The fourth-order valence-corrected chi connectivity index (χ4v) is 5.76. The second-order valence-corrected chi connectivity index (χ2v) is 11.5. The second kappa shape index (κ2) is 15.4. The van der Waals surface area contributed by atoms with E-state index in [1.54, 1.807) is 10.6 Å². The van der Waals surface area contributed by atoms with Gasteiger partial charge in [0.25, 0.3) is 5.56 Å².